The zero-order valence-electron chi connectivity index (χ0n) is 18.1. The number of halogens is 1. The van der Waals surface area contributed by atoms with Gasteiger partial charge in [0.25, 0.3) is 0 Å². The molecule has 32 heavy (non-hydrogen) atoms. The molecule has 0 fully saturated rings. The minimum absolute atomic E-state index is 0.0456. The van der Waals surface area contributed by atoms with Crippen LogP contribution in [-0.4, -0.2) is 35.8 Å². The van der Waals surface area contributed by atoms with Gasteiger partial charge in [0.1, 0.15) is 18.5 Å². The Morgan fingerprint density at radius 1 is 1.12 bits per heavy atom. The summed E-state index contributed by atoms with van der Waals surface area (Å²) in [5.74, 6) is 1.92. The van der Waals surface area contributed by atoms with Crippen molar-refractivity contribution in [3.8, 4) is 11.5 Å². The number of hydrogen-bond donors (Lipinski definition) is 2. The number of H-pyrrole nitrogens is 1. The minimum atomic E-state index is -0.174. The third-order valence-electron chi connectivity index (χ3n) is 6.69. The third kappa shape index (κ3) is 3.48. The Hall–Kier alpha value is -3.12. The lowest BCUT2D eigenvalue weighted by molar-refractivity contribution is 0.0915. The van der Waals surface area contributed by atoms with Crippen molar-refractivity contribution in [2.24, 2.45) is 5.92 Å². The fourth-order valence-electron chi connectivity index (χ4n) is 5.06. The van der Waals surface area contributed by atoms with Gasteiger partial charge in [0.2, 0.25) is 0 Å². The van der Waals surface area contributed by atoms with Crippen LogP contribution in [0, 0.1) is 18.7 Å². The molecule has 2 aromatic heterocycles. The number of ether oxygens (including phenoxy) is 2. The lowest BCUT2D eigenvalue weighted by atomic mass is 9.86. The average Bonchev–Trinajstić information content (AvgIpc) is 3.16. The van der Waals surface area contributed by atoms with Gasteiger partial charge in [-0.25, -0.2) is 4.39 Å². The summed E-state index contributed by atoms with van der Waals surface area (Å²) in [6.45, 7) is 4.15. The molecule has 0 saturated carbocycles. The van der Waals surface area contributed by atoms with Gasteiger partial charge in [-0.2, -0.15) is 0 Å². The number of pyridine rings is 1. The lowest BCUT2D eigenvalue weighted by Crippen LogP contribution is -2.40. The summed E-state index contributed by atoms with van der Waals surface area (Å²) in [5, 5.41) is 5.61. The van der Waals surface area contributed by atoms with Crippen molar-refractivity contribution in [2.75, 3.05) is 19.7 Å². The van der Waals surface area contributed by atoms with Crippen molar-refractivity contribution in [3.63, 3.8) is 0 Å². The normalized spacial score (nSPS) is 19.9. The number of aromatic nitrogens is 2. The second-order valence-electron chi connectivity index (χ2n) is 9.00. The van der Waals surface area contributed by atoms with Gasteiger partial charge in [0.05, 0.1) is 5.52 Å². The van der Waals surface area contributed by atoms with Crippen LogP contribution in [0.2, 0.25) is 0 Å². The molecule has 1 aliphatic heterocycles. The van der Waals surface area contributed by atoms with Gasteiger partial charge in [-0.3, -0.25) is 4.98 Å². The second kappa shape index (κ2) is 7.78. The van der Waals surface area contributed by atoms with Crippen LogP contribution < -0.4 is 14.8 Å². The highest BCUT2D eigenvalue weighted by molar-refractivity contribution is 5.88. The van der Waals surface area contributed by atoms with Crippen molar-refractivity contribution in [1.29, 1.82) is 0 Å². The molecule has 0 radical (unpaired) electrons. The first kappa shape index (κ1) is 19.6. The monoisotopic (exact) mass is 431 g/mol. The fraction of sp³-hybridized carbons (Fsp3) is 0.346. The molecule has 2 N–H and O–H groups in total. The summed E-state index contributed by atoms with van der Waals surface area (Å²) in [6.07, 6.45) is 3.05. The molecule has 2 aromatic carbocycles. The maximum atomic E-state index is 13.8. The average molecular weight is 432 g/mol. The van der Waals surface area contributed by atoms with E-state index in [9.17, 15) is 4.39 Å². The van der Waals surface area contributed by atoms with Crippen LogP contribution in [0.15, 0.2) is 42.5 Å². The fourth-order valence-corrected chi connectivity index (χ4v) is 5.06. The minimum Gasteiger partial charge on any atom is -0.486 e. The largest absolute Gasteiger partial charge is 0.486 e. The Morgan fingerprint density at radius 2 is 2.06 bits per heavy atom. The SMILES string of the molecule is Cc1ccc2c3c(ccc2n1)OC[C@H](CNC[C@@H]1CCc2[nH]c4ccc(F)cc4c2C1)O3. The number of benzene rings is 2. The molecule has 3 heterocycles. The van der Waals surface area contributed by atoms with Crippen LogP contribution in [0.25, 0.3) is 21.8 Å². The topological polar surface area (TPSA) is 59.2 Å². The summed E-state index contributed by atoms with van der Waals surface area (Å²) >= 11 is 0. The molecular formula is C26H26FN3O2. The highest BCUT2D eigenvalue weighted by Crippen LogP contribution is 2.38. The molecular weight excluding hydrogens is 405 g/mol. The number of aryl methyl sites for hydroxylation is 2. The van der Waals surface area contributed by atoms with E-state index in [0.29, 0.717) is 12.5 Å². The predicted octanol–water partition coefficient (Wildman–Crippen LogP) is 4.70. The van der Waals surface area contributed by atoms with Crippen LogP contribution in [0.3, 0.4) is 0 Å². The molecule has 0 unspecified atom stereocenters. The van der Waals surface area contributed by atoms with Crippen LogP contribution in [0.1, 0.15) is 23.4 Å². The summed E-state index contributed by atoms with van der Waals surface area (Å²) in [4.78, 5) is 8.07. The lowest BCUT2D eigenvalue weighted by Gasteiger charge is -2.29. The van der Waals surface area contributed by atoms with Gasteiger partial charge in [-0.05, 0) is 86.7 Å². The molecule has 5 nitrogen and oxygen atoms in total. The Bertz CT molecular complexity index is 1320. The maximum Gasteiger partial charge on any atom is 0.171 e. The van der Waals surface area contributed by atoms with Gasteiger partial charge in [0, 0.05) is 34.2 Å². The number of nitrogens with zero attached hydrogens (tertiary/aromatic N) is 1. The van der Waals surface area contributed by atoms with E-state index < -0.39 is 0 Å². The quantitative estimate of drug-likeness (QED) is 0.492. The van der Waals surface area contributed by atoms with Gasteiger partial charge < -0.3 is 19.8 Å². The molecule has 4 aromatic rings. The van der Waals surface area contributed by atoms with Crippen LogP contribution >= 0.6 is 0 Å². The highest BCUT2D eigenvalue weighted by atomic mass is 19.1. The van der Waals surface area contributed by atoms with Gasteiger partial charge in [0.15, 0.2) is 11.5 Å². The number of aromatic amines is 1. The summed E-state index contributed by atoms with van der Waals surface area (Å²) in [5.41, 5.74) is 5.49. The van der Waals surface area contributed by atoms with E-state index in [1.165, 1.54) is 17.3 Å². The number of nitrogens with one attached hydrogen (secondary N) is 2. The Labute approximate surface area is 185 Å². The van der Waals surface area contributed by atoms with Gasteiger partial charge in [-0.15, -0.1) is 0 Å². The van der Waals surface area contributed by atoms with E-state index in [4.69, 9.17) is 9.47 Å². The van der Waals surface area contributed by atoms with E-state index in [1.54, 1.807) is 6.07 Å². The molecule has 6 heteroatoms. The van der Waals surface area contributed by atoms with Crippen LogP contribution in [0.4, 0.5) is 4.39 Å². The van der Waals surface area contributed by atoms with Crippen molar-refractivity contribution < 1.29 is 13.9 Å². The van der Waals surface area contributed by atoms with Crippen LogP contribution in [-0.2, 0) is 12.8 Å². The Morgan fingerprint density at radius 3 is 3.00 bits per heavy atom. The Kier molecular flexibility index (Phi) is 4.76. The first-order chi connectivity index (χ1) is 15.6. The first-order valence-electron chi connectivity index (χ1n) is 11.3. The zero-order chi connectivity index (χ0) is 21.7. The van der Waals surface area contributed by atoms with Gasteiger partial charge in [-0.1, -0.05) is 0 Å². The molecule has 1 aliphatic carbocycles. The predicted molar refractivity (Wildman–Crippen MR) is 123 cm³/mol. The number of hydrogen-bond acceptors (Lipinski definition) is 4. The highest BCUT2D eigenvalue weighted by Gasteiger charge is 2.25. The van der Waals surface area contributed by atoms with Crippen molar-refractivity contribution in [1.82, 2.24) is 15.3 Å². The molecule has 2 aliphatic rings. The molecule has 0 amide bonds. The van der Waals surface area contributed by atoms with Crippen molar-refractivity contribution in [3.05, 3.63) is 65.2 Å². The standard InChI is InChI=1S/C26H26FN3O2/c1-15-2-5-19-22(29-15)8-9-25-26(19)32-18(14-31-25)13-28-12-16-3-6-23-20(10-16)21-11-17(27)4-7-24(21)30-23/h2,4-5,7-9,11,16,18,28,30H,3,6,10,12-14H2,1H3/t16-,18+/m1/s1. The first-order valence-corrected chi connectivity index (χ1v) is 11.3. The molecule has 164 valence electrons. The van der Waals surface area contributed by atoms with Gasteiger partial charge >= 0.3 is 0 Å². The summed E-state index contributed by atoms with van der Waals surface area (Å²) in [6, 6.07) is 13.0. The molecule has 0 spiro atoms. The molecule has 6 rings (SSSR count). The number of fused-ring (bicyclic) bond motifs is 6. The second-order valence-corrected chi connectivity index (χ2v) is 9.00. The molecule has 0 saturated heterocycles. The van der Waals surface area contributed by atoms with Crippen LogP contribution in [0.5, 0.6) is 11.5 Å². The molecule has 2 atom stereocenters. The van der Waals surface area contributed by atoms with E-state index in [1.807, 2.05) is 31.2 Å². The van der Waals surface area contributed by atoms with E-state index >= 15 is 0 Å². The molecule has 0 bridgehead atoms. The maximum absolute atomic E-state index is 13.8. The number of rotatable bonds is 4. The van der Waals surface area contributed by atoms with Crippen molar-refractivity contribution in [2.45, 2.75) is 32.3 Å². The Balaban J connectivity index is 1.10. The third-order valence-corrected chi connectivity index (χ3v) is 6.69. The summed E-state index contributed by atoms with van der Waals surface area (Å²) < 4.78 is 26.1. The summed E-state index contributed by atoms with van der Waals surface area (Å²) in [7, 11) is 0. The smallest absolute Gasteiger partial charge is 0.171 e. The van der Waals surface area contributed by atoms with E-state index in [-0.39, 0.29) is 11.9 Å². The van der Waals surface area contributed by atoms with E-state index in [2.05, 4.69) is 21.4 Å². The van der Waals surface area contributed by atoms with E-state index in [0.717, 1.165) is 71.4 Å². The zero-order valence-corrected chi connectivity index (χ0v) is 18.1. The van der Waals surface area contributed by atoms with Crippen molar-refractivity contribution >= 4 is 21.8 Å².